The molecule has 0 atom stereocenters. The predicted molar refractivity (Wildman–Crippen MR) is 74.4 cm³/mol. The second kappa shape index (κ2) is 5.58. The Morgan fingerprint density at radius 3 is 2.74 bits per heavy atom. The minimum Gasteiger partial charge on any atom is -0.497 e. The molecule has 0 radical (unpaired) electrons. The SMILES string of the molecule is COc1cccc(Nc2cc(Cl)ccc2[N+](=O)[O-])c1. The van der Waals surface area contributed by atoms with Crippen LogP contribution in [0.5, 0.6) is 5.75 Å². The first-order valence-corrected chi connectivity index (χ1v) is 5.83. The predicted octanol–water partition coefficient (Wildman–Crippen LogP) is 4.00. The zero-order chi connectivity index (χ0) is 13.8. The standard InChI is InChI=1S/C13H11ClN2O3/c1-19-11-4-2-3-10(8-11)15-12-7-9(14)5-6-13(12)16(17)18/h2-8,15H,1H3. The molecule has 0 bridgehead atoms. The second-order valence-corrected chi connectivity index (χ2v) is 4.21. The van der Waals surface area contributed by atoms with Crippen LogP contribution in [0.15, 0.2) is 42.5 Å². The number of anilines is 2. The van der Waals surface area contributed by atoms with Crippen molar-refractivity contribution in [1.29, 1.82) is 0 Å². The molecule has 0 aliphatic heterocycles. The van der Waals surface area contributed by atoms with Gasteiger partial charge < -0.3 is 10.1 Å². The third-order valence-corrected chi connectivity index (χ3v) is 2.74. The van der Waals surface area contributed by atoms with Crippen molar-refractivity contribution in [3.8, 4) is 5.75 Å². The van der Waals surface area contributed by atoms with E-state index in [2.05, 4.69) is 5.32 Å². The van der Waals surface area contributed by atoms with Gasteiger partial charge >= 0.3 is 0 Å². The Kier molecular flexibility index (Phi) is 3.87. The van der Waals surface area contributed by atoms with Gasteiger partial charge in [0.25, 0.3) is 5.69 Å². The molecule has 0 fully saturated rings. The summed E-state index contributed by atoms with van der Waals surface area (Å²) in [5, 5.41) is 14.3. The molecular formula is C13H11ClN2O3. The van der Waals surface area contributed by atoms with Crippen molar-refractivity contribution in [2.75, 3.05) is 12.4 Å². The zero-order valence-electron chi connectivity index (χ0n) is 10.1. The molecule has 0 aliphatic carbocycles. The van der Waals surface area contributed by atoms with Gasteiger partial charge in [-0.3, -0.25) is 10.1 Å². The number of nitrogens with zero attached hydrogens (tertiary/aromatic N) is 1. The Labute approximate surface area is 114 Å². The van der Waals surface area contributed by atoms with E-state index in [-0.39, 0.29) is 5.69 Å². The molecule has 2 aromatic rings. The van der Waals surface area contributed by atoms with Crippen molar-refractivity contribution in [3.05, 3.63) is 57.6 Å². The minimum atomic E-state index is -0.459. The maximum atomic E-state index is 10.9. The lowest BCUT2D eigenvalue weighted by Crippen LogP contribution is -1.97. The van der Waals surface area contributed by atoms with E-state index < -0.39 is 4.92 Å². The summed E-state index contributed by atoms with van der Waals surface area (Å²) in [5.74, 6) is 0.662. The van der Waals surface area contributed by atoms with Crippen LogP contribution in [0.1, 0.15) is 0 Å². The molecule has 0 amide bonds. The quantitative estimate of drug-likeness (QED) is 0.678. The van der Waals surface area contributed by atoms with Gasteiger partial charge in [-0.2, -0.15) is 0 Å². The van der Waals surface area contributed by atoms with Gasteiger partial charge in [0.1, 0.15) is 11.4 Å². The summed E-state index contributed by atoms with van der Waals surface area (Å²) in [7, 11) is 1.56. The summed E-state index contributed by atoms with van der Waals surface area (Å²) in [5.41, 5.74) is 0.989. The maximum absolute atomic E-state index is 10.9. The molecule has 5 nitrogen and oxygen atoms in total. The molecule has 0 aromatic heterocycles. The first-order chi connectivity index (χ1) is 9.10. The number of hydrogen-bond donors (Lipinski definition) is 1. The molecule has 0 heterocycles. The molecular weight excluding hydrogens is 268 g/mol. The fraction of sp³-hybridized carbons (Fsp3) is 0.0769. The average molecular weight is 279 g/mol. The summed E-state index contributed by atoms with van der Waals surface area (Å²) in [6, 6.07) is 11.5. The number of nitro benzene ring substituents is 1. The Hall–Kier alpha value is -2.27. The summed E-state index contributed by atoms with van der Waals surface area (Å²) in [6.45, 7) is 0. The molecule has 19 heavy (non-hydrogen) atoms. The summed E-state index contributed by atoms with van der Waals surface area (Å²) < 4.78 is 5.09. The van der Waals surface area contributed by atoms with Crippen LogP contribution in [-0.2, 0) is 0 Å². The molecule has 6 heteroatoms. The first-order valence-electron chi connectivity index (χ1n) is 5.45. The van der Waals surface area contributed by atoms with E-state index in [9.17, 15) is 10.1 Å². The van der Waals surface area contributed by atoms with Crippen molar-refractivity contribution in [2.45, 2.75) is 0 Å². The highest BCUT2D eigenvalue weighted by atomic mass is 35.5. The smallest absolute Gasteiger partial charge is 0.292 e. The molecule has 0 saturated heterocycles. The van der Waals surface area contributed by atoms with E-state index >= 15 is 0 Å². The van der Waals surface area contributed by atoms with Crippen LogP contribution in [0.4, 0.5) is 17.1 Å². The van der Waals surface area contributed by atoms with E-state index in [0.717, 1.165) is 0 Å². The Balaban J connectivity index is 2.36. The molecule has 0 spiro atoms. The topological polar surface area (TPSA) is 64.4 Å². The number of ether oxygens (including phenoxy) is 1. The van der Waals surface area contributed by atoms with E-state index in [0.29, 0.717) is 22.1 Å². The molecule has 98 valence electrons. The fourth-order valence-corrected chi connectivity index (χ4v) is 1.80. The average Bonchev–Trinajstić information content (AvgIpc) is 2.38. The van der Waals surface area contributed by atoms with E-state index in [1.165, 1.54) is 18.2 Å². The maximum Gasteiger partial charge on any atom is 0.292 e. The van der Waals surface area contributed by atoms with Crippen molar-refractivity contribution < 1.29 is 9.66 Å². The van der Waals surface area contributed by atoms with Crippen LogP contribution in [0.2, 0.25) is 5.02 Å². The molecule has 0 unspecified atom stereocenters. The summed E-state index contributed by atoms with van der Waals surface area (Å²) in [6.07, 6.45) is 0. The van der Waals surface area contributed by atoms with Crippen LogP contribution in [0, 0.1) is 10.1 Å². The highest BCUT2D eigenvalue weighted by Gasteiger charge is 2.14. The molecule has 1 N–H and O–H groups in total. The number of hydrogen-bond acceptors (Lipinski definition) is 4. The van der Waals surface area contributed by atoms with Crippen molar-refractivity contribution in [1.82, 2.24) is 0 Å². The molecule has 2 rings (SSSR count). The number of methoxy groups -OCH3 is 1. The van der Waals surface area contributed by atoms with Crippen LogP contribution < -0.4 is 10.1 Å². The van der Waals surface area contributed by atoms with Crippen molar-refractivity contribution >= 4 is 28.7 Å². The van der Waals surface area contributed by atoms with E-state index in [4.69, 9.17) is 16.3 Å². The third kappa shape index (κ3) is 3.14. The van der Waals surface area contributed by atoms with E-state index in [1.54, 1.807) is 31.4 Å². The number of nitrogens with one attached hydrogen (secondary N) is 1. The van der Waals surface area contributed by atoms with Gasteiger partial charge in [-0.25, -0.2) is 0 Å². The minimum absolute atomic E-state index is 0.0350. The number of rotatable bonds is 4. The van der Waals surface area contributed by atoms with Crippen LogP contribution in [0.3, 0.4) is 0 Å². The fourth-order valence-electron chi connectivity index (χ4n) is 1.62. The number of nitro groups is 1. The Morgan fingerprint density at radius 2 is 2.05 bits per heavy atom. The highest BCUT2D eigenvalue weighted by Crippen LogP contribution is 2.31. The highest BCUT2D eigenvalue weighted by molar-refractivity contribution is 6.31. The largest absolute Gasteiger partial charge is 0.497 e. The number of benzene rings is 2. The van der Waals surface area contributed by atoms with Crippen LogP contribution in [-0.4, -0.2) is 12.0 Å². The van der Waals surface area contributed by atoms with Gasteiger partial charge in [0.05, 0.1) is 12.0 Å². The van der Waals surface area contributed by atoms with Gasteiger partial charge in [-0.1, -0.05) is 17.7 Å². The van der Waals surface area contributed by atoms with Gasteiger partial charge in [-0.05, 0) is 24.3 Å². The normalized spacial score (nSPS) is 10.0. The van der Waals surface area contributed by atoms with Gasteiger partial charge in [0, 0.05) is 22.8 Å². The zero-order valence-corrected chi connectivity index (χ0v) is 10.8. The lowest BCUT2D eigenvalue weighted by atomic mass is 10.2. The van der Waals surface area contributed by atoms with Gasteiger partial charge in [-0.15, -0.1) is 0 Å². The van der Waals surface area contributed by atoms with Crippen molar-refractivity contribution in [3.63, 3.8) is 0 Å². The lowest BCUT2D eigenvalue weighted by molar-refractivity contribution is -0.383. The van der Waals surface area contributed by atoms with Crippen LogP contribution >= 0.6 is 11.6 Å². The second-order valence-electron chi connectivity index (χ2n) is 3.78. The first kappa shape index (κ1) is 13.2. The van der Waals surface area contributed by atoms with Gasteiger partial charge in [0.15, 0.2) is 0 Å². The monoisotopic (exact) mass is 278 g/mol. The summed E-state index contributed by atoms with van der Waals surface area (Å²) >= 11 is 5.86. The van der Waals surface area contributed by atoms with E-state index in [1.807, 2.05) is 0 Å². The summed E-state index contributed by atoms with van der Waals surface area (Å²) in [4.78, 5) is 10.5. The van der Waals surface area contributed by atoms with Crippen LogP contribution in [0.25, 0.3) is 0 Å². The molecule has 0 saturated carbocycles. The Morgan fingerprint density at radius 1 is 1.26 bits per heavy atom. The number of halogens is 1. The molecule has 0 aliphatic rings. The Bertz CT molecular complexity index is 617. The van der Waals surface area contributed by atoms with Crippen molar-refractivity contribution in [2.24, 2.45) is 0 Å². The van der Waals surface area contributed by atoms with Gasteiger partial charge in [0.2, 0.25) is 0 Å². The molecule has 2 aromatic carbocycles. The lowest BCUT2D eigenvalue weighted by Gasteiger charge is -2.08. The third-order valence-electron chi connectivity index (χ3n) is 2.50.